The van der Waals surface area contributed by atoms with Crippen molar-refractivity contribution >= 4 is 5.91 Å². The van der Waals surface area contributed by atoms with Gasteiger partial charge in [0.15, 0.2) is 0 Å². The molecule has 4 nitrogen and oxygen atoms in total. The van der Waals surface area contributed by atoms with Crippen LogP contribution in [0.2, 0.25) is 0 Å². The lowest BCUT2D eigenvalue weighted by atomic mass is 10.0. The Morgan fingerprint density at radius 3 is 2.40 bits per heavy atom. The van der Waals surface area contributed by atoms with Crippen molar-refractivity contribution in [1.82, 2.24) is 10.2 Å². The molecule has 1 unspecified atom stereocenters. The molecule has 1 aliphatic rings. The number of carbonyl (C=O) groups excluding carboxylic acids is 1. The van der Waals surface area contributed by atoms with Gasteiger partial charge < -0.3 is 15.3 Å². The van der Waals surface area contributed by atoms with Crippen molar-refractivity contribution in [2.24, 2.45) is 0 Å². The Morgan fingerprint density at radius 2 is 1.76 bits per heavy atom. The molecular weight excluding hydrogens is 319 g/mol. The fraction of sp³-hybridized carbons (Fsp3) is 0.350. The molecule has 1 amide bonds. The molecule has 0 aliphatic carbocycles. The third-order valence-electron chi connectivity index (χ3n) is 4.64. The van der Waals surface area contributed by atoms with Gasteiger partial charge in [-0.3, -0.25) is 4.79 Å². The van der Waals surface area contributed by atoms with Gasteiger partial charge in [0, 0.05) is 31.2 Å². The van der Waals surface area contributed by atoms with Crippen LogP contribution < -0.4 is 5.32 Å². The summed E-state index contributed by atoms with van der Waals surface area (Å²) in [4.78, 5) is 14.4. The molecule has 2 N–H and O–H groups in total. The lowest BCUT2D eigenvalue weighted by Gasteiger charge is -2.33. The van der Waals surface area contributed by atoms with Gasteiger partial charge >= 0.3 is 0 Å². The van der Waals surface area contributed by atoms with Crippen LogP contribution in [0.1, 0.15) is 34.9 Å². The van der Waals surface area contributed by atoms with Crippen molar-refractivity contribution in [2.75, 3.05) is 19.6 Å². The van der Waals surface area contributed by atoms with E-state index in [1.165, 1.54) is 24.3 Å². The molecule has 1 aliphatic heterocycles. The van der Waals surface area contributed by atoms with E-state index in [1.54, 1.807) is 0 Å². The molecule has 25 heavy (non-hydrogen) atoms. The molecule has 5 heteroatoms. The Morgan fingerprint density at radius 1 is 1.12 bits per heavy atom. The summed E-state index contributed by atoms with van der Waals surface area (Å²) in [5.74, 6) is -0.510. The summed E-state index contributed by atoms with van der Waals surface area (Å²) in [7, 11) is 0. The second-order valence-corrected chi connectivity index (χ2v) is 6.48. The molecule has 1 heterocycles. The number of nitrogens with one attached hydrogen (secondary N) is 1. The van der Waals surface area contributed by atoms with E-state index in [0.29, 0.717) is 12.1 Å². The topological polar surface area (TPSA) is 52.6 Å². The smallest absolute Gasteiger partial charge is 0.251 e. The van der Waals surface area contributed by atoms with Crippen LogP contribution in [-0.4, -0.2) is 41.6 Å². The Hall–Kier alpha value is -2.24. The molecule has 2 aromatic carbocycles. The largest absolute Gasteiger partial charge is 0.387 e. The number of halogens is 1. The fourth-order valence-electron chi connectivity index (χ4n) is 3.16. The molecule has 0 spiro atoms. The molecule has 1 saturated heterocycles. The van der Waals surface area contributed by atoms with Crippen LogP contribution in [0.3, 0.4) is 0 Å². The third-order valence-corrected chi connectivity index (χ3v) is 4.64. The van der Waals surface area contributed by atoms with Gasteiger partial charge in [-0.15, -0.1) is 0 Å². The van der Waals surface area contributed by atoms with E-state index in [2.05, 4.69) is 10.2 Å². The highest BCUT2D eigenvalue weighted by Gasteiger charge is 2.23. The Balaban J connectivity index is 1.45. The summed E-state index contributed by atoms with van der Waals surface area (Å²) < 4.78 is 12.9. The van der Waals surface area contributed by atoms with Gasteiger partial charge in [-0.25, -0.2) is 4.39 Å². The van der Waals surface area contributed by atoms with Crippen LogP contribution in [-0.2, 0) is 0 Å². The number of benzene rings is 2. The number of amides is 1. The van der Waals surface area contributed by atoms with Gasteiger partial charge in [0.05, 0.1) is 6.10 Å². The molecule has 1 atom stereocenters. The first kappa shape index (κ1) is 17.6. The normalized spacial score (nSPS) is 17.2. The molecule has 0 aromatic heterocycles. The third kappa shape index (κ3) is 4.87. The quantitative estimate of drug-likeness (QED) is 0.878. The Kier molecular flexibility index (Phi) is 5.79. The van der Waals surface area contributed by atoms with E-state index in [4.69, 9.17) is 0 Å². The number of β-amino-alcohol motifs (C(OH)–C–C–N with tert-alkyl or cyclic N) is 1. The van der Waals surface area contributed by atoms with Crippen molar-refractivity contribution < 1.29 is 14.3 Å². The zero-order valence-electron chi connectivity index (χ0n) is 14.1. The Bertz CT molecular complexity index is 683. The van der Waals surface area contributed by atoms with Crippen LogP contribution in [0.5, 0.6) is 0 Å². The van der Waals surface area contributed by atoms with E-state index >= 15 is 0 Å². The number of aliphatic hydroxyl groups is 1. The second-order valence-electron chi connectivity index (χ2n) is 6.48. The number of piperidine rings is 1. The summed E-state index contributed by atoms with van der Waals surface area (Å²) in [6.07, 6.45) is 1.19. The lowest BCUT2D eigenvalue weighted by Crippen LogP contribution is -2.45. The van der Waals surface area contributed by atoms with Gasteiger partial charge in [-0.05, 0) is 42.7 Å². The van der Waals surface area contributed by atoms with E-state index in [0.717, 1.165) is 31.5 Å². The van der Waals surface area contributed by atoms with Crippen molar-refractivity contribution in [2.45, 2.75) is 25.0 Å². The van der Waals surface area contributed by atoms with Gasteiger partial charge in [0.25, 0.3) is 5.91 Å². The van der Waals surface area contributed by atoms with Gasteiger partial charge in [0.2, 0.25) is 0 Å². The summed E-state index contributed by atoms with van der Waals surface area (Å²) in [6, 6.07) is 15.3. The first-order valence-corrected chi connectivity index (χ1v) is 8.63. The van der Waals surface area contributed by atoms with E-state index in [-0.39, 0.29) is 17.8 Å². The minimum absolute atomic E-state index is 0.114. The highest BCUT2D eigenvalue weighted by Crippen LogP contribution is 2.18. The summed E-state index contributed by atoms with van der Waals surface area (Å²) in [5, 5.41) is 13.3. The molecule has 132 valence electrons. The number of carbonyl (C=O) groups is 1. The number of aliphatic hydroxyl groups excluding tert-OH is 1. The van der Waals surface area contributed by atoms with Gasteiger partial charge in [-0.1, -0.05) is 30.3 Å². The monoisotopic (exact) mass is 342 g/mol. The summed E-state index contributed by atoms with van der Waals surface area (Å²) >= 11 is 0. The molecule has 3 rings (SSSR count). The summed E-state index contributed by atoms with van der Waals surface area (Å²) in [5.41, 5.74) is 1.40. The van der Waals surface area contributed by atoms with Crippen LogP contribution in [0.4, 0.5) is 4.39 Å². The number of likely N-dealkylation sites (tertiary alicyclic amines) is 1. The van der Waals surface area contributed by atoms with Crippen LogP contribution in [0.15, 0.2) is 54.6 Å². The lowest BCUT2D eigenvalue weighted by molar-refractivity contribution is 0.0828. The predicted molar refractivity (Wildman–Crippen MR) is 94.7 cm³/mol. The highest BCUT2D eigenvalue weighted by molar-refractivity contribution is 5.94. The van der Waals surface area contributed by atoms with Gasteiger partial charge in [0.1, 0.15) is 5.82 Å². The van der Waals surface area contributed by atoms with Gasteiger partial charge in [-0.2, -0.15) is 0 Å². The van der Waals surface area contributed by atoms with Crippen molar-refractivity contribution in [1.29, 1.82) is 0 Å². The Labute approximate surface area is 147 Å². The van der Waals surface area contributed by atoms with Crippen LogP contribution in [0.25, 0.3) is 0 Å². The second kappa shape index (κ2) is 8.23. The zero-order chi connectivity index (χ0) is 17.6. The molecule has 0 bridgehead atoms. The standard InChI is InChI=1S/C20H23FN2O2/c21-17-8-6-16(7-9-17)20(25)22-18-10-12-23(13-11-18)14-19(24)15-4-2-1-3-5-15/h1-9,18-19,24H,10-14H2,(H,22,25). The highest BCUT2D eigenvalue weighted by atomic mass is 19.1. The molecule has 2 aromatic rings. The number of hydrogen-bond donors (Lipinski definition) is 2. The molecular formula is C20H23FN2O2. The van der Waals surface area contributed by atoms with Crippen LogP contribution >= 0.6 is 0 Å². The van der Waals surface area contributed by atoms with Crippen molar-refractivity contribution in [3.63, 3.8) is 0 Å². The maximum Gasteiger partial charge on any atom is 0.251 e. The van der Waals surface area contributed by atoms with Crippen molar-refractivity contribution in [3.05, 3.63) is 71.5 Å². The molecule has 0 saturated carbocycles. The minimum atomic E-state index is -0.494. The number of hydrogen-bond acceptors (Lipinski definition) is 3. The van der Waals surface area contributed by atoms with E-state index < -0.39 is 6.10 Å². The number of nitrogens with zero attached hydrogens (tertiary/aromatic N) is 1. The fourth-order valence-corrected chi connectivity index (χ4v) is 3.16. The maximum atomic E-state index is 12.9. The molecule has 1 fully saturated rings. The number of rotatable bonds is 5. The SMILES string of the molecule is O=C(NC1CCN(CC(O)c2ccccc2)CC1)c1ccc(F)cc1. The van der Waals surface area contributed by atoms with Crippen LogP contribution in [0, 0.1) is 5.82 Å². The average molecular weight is 342 g/mol. The average Bonchev–Trinajstić information content (AvgIpc) is 2.64. The van der Waals surface area contributed by atoms with E-state index in [9.17, 15) is 14.3 Å². The summed E-state index contributed by atoms with van der Waals surface area (Å²) in [6.45, 7) is 2.26. The van der Waals surface area contributed by atoms with Crippen molar-refractivity contribution in [3.8, 4) is 0 Å². The molecule has 0 radical (unpaired) electrons. The van der Waals surface area contributed by atoms with E-state index in [1.807, 2.05) is 30.3 Å². The minimum Gasteiger partial charge on any atom is -0.387 e. The first-order chi connectivity index (χ1) is 12.1. The first-order valence-electron chi connectivity index (χ1n) is 8.63. The maximum absolute atomic E-state index is 12.9. The predicted octanol–water partition coefficient (Wildman–Crippen LogP) is 2.75. The zero-order valence-corrected chi connectivity index (χ0v) is 14.1.